The summed E-state index contributed by atoms with van der Waals surface area (Å²) in [6.45, 7) is 4.98. The monoisotopic (exact) mass is 428 g/mol. The van der Waals surface area contributed by atoms with E-state index >= 15 is 0 Å². The molecule has 0 radical (unpaired) electrons. The van der Waals surface area contributed by atoms with E-state index in [4.69, 9.17) is 33.2 Å². The molecule has 142 valence electrons. The third-order valence-corrected chi connectivity index (χ3v) is 5.98. The van der Waals surface area contributed by atoms with Crippen molar-refractivity contribution >= 4 is 51.7 Å². The van der Waals surface area contributed by atoms with Gasteiger partial charge in [-0.25, -0.2) is 9.97 Å². The lowest BCUT2D eigenvalue weighted by molar-refractivity contribution is 0.839. The van der Waals surface area contributed by atoms with E-state index in [1.54, 1.807) is 6.07 Å². The lowest BCUT2D eigenvalue weighted by Crippen LogP contribution is -2.21. The van der Waals surface area contributed by atoms with Crippen LogP contribution in [-0.4, -0.2) is 16.5 Å². The fourth-order valence-corrected chi connectivity index (χ4v) is 4.04. The van der Waals surface area contributed by atoms with Crippen LogP contribution < -0.4 is 10.6 Å². The maximum absolute atomic E-state index is 6.15. The predicted octanol–water partition coefficient (Wildman–Crippen LogP) is 6.28. The molecule has 3 aromatic rings. The van der Waals surface area contributed by atoms with Gasteiger partial charge in [0.05, 0.1) is 15.6 Å². The van der Waals surface area contributed by atoms with E-state index in [-0.39, 0.29) is 0 Å². The lowest BCUT2D eigenvalue weighted by atomic mass is 10.1. The molecule has 1 aromatic heterocycles. The second-order valence-electron chi connectivity index (χ2n) is 6.55. The Hall–Kier alpha value is -2.21. The number of dihydropyridines is 1. The number of hydrogen-bond donors (Lipinski definition) is 2. The highest BCUT2D eigenvalue weighted by molar-refractivity contribution is 7.99. The topological polar surface area (TPSA) is 49.8 Å². The summed E-state index contributed by atoms with van der Waals surface area (Å²) in [6.07, 6.45) is 2.10. The van der Waals surface area contributed by atoms with Gasteiger partial charge in [0, 0.05) is 28.2 Å². The van der Waals surface area contributed by atoms with Gasteiger partial charge in [-0.15, -0.1) is 0 Å². The van der Waals surface area contributed by atoms with E-state index in [2.05, 4.69) is 30.6 Å². The van der Waals surface area contributed by atoms with Gasteiger partial charge in [0.15, 0.2) is 5.16 Å². The number of allylic oxidation sites excluding steroid dienone is 2. The van der Waals surface area contributed by atoms with Crippen LogP contribution in [0.3, 0.4) is 0 Å². The number of nitrogens with zero attached hydrogens (tertiary/aromatic N) is 2. The Labute approximate surface area is 178 Å². The number of benzene rings is 2. The highest BCUT2D eigenvalue weighted by Gasteiger charge is 2.13. The molecule has 0 amide bonds. The predicted molar refractivity (Wildman–Crippen MR) is 118 cm³/mol. The molecule has 1 aliphatic heterocycles. The van der Waals surface area contributed by atoms with Gasteiger partial charge >= 0.3 is 0 Å². The molecular formula is C21H18Cl2N4S. The van der Waals surface area contributed by atoms with Crippen LogP contribution in [0.1, 0.15) is 13.8 Å². The zero-order valence-electron chi connectivity index (χ0n) is 15.4. The Morgan fingerprint density at radius 1 is 1.04 bits per heavy atom. The number of nitrogens with one attached hydrogen (secondary N) is 2. The molecule has 0 fully saturated rings. The zero-order chi connectivity index (χ0) is 19.7. The van der Waals surface area contributed by atoms with Gasteiger partial charge in [-0.05, 0) is 67.6 Å². The highest BCUT2D eigenvalue weighted by atomic mass is 35.5. The van der Waals surface area contributed by atoms with E-state index in [1.807, 2.05) is 36.4 Å². The van der Waals surface area contributed by atoms with Gasteiger partial charge in [0.1, 0.15) is 5.82 Å². The molecule has 0 saturated carbocycles. The molecule has 4 nitrogen and oxygen atoms in total. The Bertz CT molecular complexity index is 1120. The quantitative estimate of drug-likeness (QED) is 0.478. The van der Waals surface area contributed by atoms with Crippen LogP contribution in [-0.2, 0) is 0 Å². The lowest BCUT2D eigenvalue weighted by Gasteiger charge is -2.19. The maximum Gasteiger partial charge on any atom is 0.195 e. The normalized spacial score (nSPS) is 14.1. The maximum atomic E-state index is 6.15. The first-order chi connectivity index (χ1) is 13.5. The fraction of sp³-hybridized carbons (Fsp3) is 0.143. The van der Waals surface area contributed by atoms with E-state index in [0.717, 1.165) is 39.6 Å². The third-order valence-electron chi connectivity index (χ3n) is 4.39. The highest BCUT2D eigenvalue weighted by Crippen LogP contribution is 2.33. The second-order valence-corrected chi connectivity index (χ2v) is 8.40. The first-order valence-electron chi connectivity index (χ1n) is 8.78. The number of para-hydroxylation sites is 1. The number of anilines is 1. The molecule has 2 aromatic carbocycles. The first-order valence-corrected chi connectivity index (χ1v) is 10.4. The molecule has 0 unspecified atom stereocenters. The van der Waals surface area contributed by atoms with Crippen LogP contribution in [0.4, 0.5) is 5.82 Å². The van der Waals surface area contributed by atoms with Crippen LogP contribution in [0.2, 0.25) is 10.0 Å². The van der Waals surface area contributed by atoms with Gasteiger partial charge in [-0.1, -0.05) is 35.3 Å². The molecule has 28 heavy (non-hydrogen) atoms. The minimum Gasteiger partial charge on any atom is -0.385 e. The Morgan fingerprint density at radius 3 is 2.68 bits per heavy atom. The summed E-state index contributed by atoms with van der Waals surface area (Å²) in [4.78, 5) is 10.4. The minimum absolute atomic E-state index is 0.516. The summed E-state index contributed by atoms with van der Waals surface area (Å²) in [7, 11) is 0. The molecule has 0 spiro atoms. The average Bonchev–Trinajstić information content (AvgIpc) is 2.68. The Morgan fingerprint density at radius 2 is 1.86 bits per heavy atom. The summed E-state index contributed by atoms with van der Waals surface area (Å²) < 4.78 is 0. The van der Waals surface area contributed by atoms with Gasteiger partial charge in [-0.3, -0.25) is 0 Å². The molecular weight excluding hydrogens is 411 g/mol. The van der Waals surface area contributed by atoms with Crippen molar-refractivity contribution in [1.29, 1.82) is 0 Å². The number of rotatable bonds is 4. The zero-order valence-corrected chi connectivity index (χ0v) is 17.7. The van der Waals surface area contributed by atoms with Crippen molar-refractivity contribution in [3.05, 3.63) is 75.6 Å². The number of aromatic nitrogens is 2. The molecule has 0 aliphatic carbocycles. The summed E-state index contributed by atoms with van der Waals surface area (Å²) in [5.41, 5.74) is 4.30. The average molecular weight is 429 g/mol. The standard InChI is InChI=1S/C21H18Cl2N4S/c1-12-11-24-13(2)9-19(12)25-20-15-5-3-4-6-18(15)26-21(27-20)28-14-7-8-16(22)17(23)10-14/h3-10,24H,11H2,1-2H3,(H,25,26,27). The molecule has 0 atom stereocenters. The largest absolute Gasteiger partial charge is 0.385 e. The third kappa shape index (κ3) is 4.12. The molecule has 2 heterocycles. The van der Waals surface area contributed by atoms with Crippen LogP contribution in [0.25, 0.3) is 10.9 Å². The fourth-order valence-electron chi connectivity index (χ4n) is 2.87. The van der Waals surface area contributed by atoms with Crippen molar-refractivity contribution in [2.24, 2.45) is 0 Å². The van der Waals surface area contributed by atoms with Crippen molar-refractivity contribution in [2.45, 2.75) is 23.9 Å². The summed E-state index contributed by atoms with van der Waals surface area (Å²) in [6, 6.07) is 13.5. The van der Waals surface area contributed by atoms with E-state index in [9.17, 15) is 0 Å². The van der Waals surface area contributed by atoms with E-state index in [1.165, 1.54) is 17.3 Å². The molecule has 0 saturated heterocycles. The van der Waals surface area contributed by atoms with Crippen molar-refractivity contribution in [2.75, 3.05) is 11.9 Å². The summed E-state index contributed by atoms with van der Waals surface area (Å²) in [5, 5.41) is 9.51. The van der Waals surface area contributed by atoms with Gasteiger partial charge in [0.2, 0.25) is 0 Å². The van der Waals surface area contributed by atoms with Crippen molar-refractivity contribution in [1.82, 2.24) is 15.3 Å². The molecule has 7 heteroatoms. The molecule has 4 rings (SSSR count). The van der Waals surface area contributed by atoms with Crippen molar-refractivity contribution < 1.29 is 0 Å². The SMILES string of the molecule is CC1=CC(Nc2nc(Sc3ccc(Cl)c(Cl)c3)nc3ccccc23)=C(C)CN1. The van der Waals surface area contributed by atoms with E-state index in [0.29, 0.717) is 15.2 Å². The number of hydrogen-bond acceptors (Lipinski definition) is 5. The summed E-state index contributed by atoms with van der Waals surface area (Å²) in [5.74, 6) is 0.786. The number of fused-ring (bicyclic) bond motifs is 1. The smallest absolute Gasteiger partial charge is 0.195 e. The van der Waals surface area contributed by atoms with Crippen LogP contribution in [0.15, 0.2) is 75.6 Å². The molecule has 2 N–H and O–H groups in total. The Balaban J connectivity index is 1.74. The van der Waals surface area contributed by atoms with Crippen LogP contribution in [0.5, 0.6) is 0 Å². The second kappa shape index (κ2) is 8.03. The molecule has 0 bridgehead atoms. The van der Waals surface area contributed by atoms with E-state index < -0.39 is 0 Å². The van der Waals surface area contributed by atoms with Crippen molar-refractivity contribution in [3.63, 3.8) is 0 Å². The number of halogens is 2. The van der Waals surface area contributed by atoms with Crippen LogP contribution in [0, 0.1) is 0 Å². The minimum atomic E-state index is 0.516. The Kier molecular flexibility index (Phi) is 5.49. The van der Waals surface area contributed by atoms with Gasteiger partial charge < -0.3 is 10.6 Å². The molecule has 1 aliphatic rings. The van der Waals surface area contributed by atoms with Crippen LogP contribution >= 0.6 is 35.0 Å². The first kappa shape index (κ1) is 19.1. The van der Waals surface area contributed by atoms with Gasteiger partial charge in [0.25, 0.3) is 0 Å². The summed E-state index contributed by atoms with van der Waals surface area (Å²) >= 11 is 13.6. The van der Waals surface area contributed by atoms with Gasteiger partial charge in [-0.2, -0.15) is 0 Å². The van der Waals surface area contributed by atoms with Crippen molar-refractivity contribution in [3.8, 4) is 0 Å².